The van der Waals surface area contributed by atoms with Crippen molar-refractivity contribution in [3.63, 3.8) is 0 Å². The third kappa shape index (κ3) is 3.59. The number of para-hydroxylation sites is 1. The second-order valence-electron chi connectivity index (χ2n) is 7.63. The summed E-state index contributed by atoms with van der Waals surface area (Å²) < 4.78 is 1.46. The van der Waals surface area contributed by atoms with Gasteiger partial charge in [0.25, 0.3) is 5.56 Å². The molecule has 3 aromatic carbocycles. The summed E-state index contributed by atoms with van der Waals surface area (Å²) in [5.41, 5.74) is 2.31. The fourth-order valence-electron chi connectivity index (χ4n) is 3.99. The number of aromatic nitrogens is 2. The molecule has 0 spiro atoms. The van der Waals surface area contributed by atoms with Crippen LogP contribution in [0.2, 0.25) is 0 Å². The maximum atomic E-state index is 13.6. The van der Waals surface area contributed by atoms with Gasteiger partial charge in [0.2, 0.25) is 5.91 Å². The van der Waals surface area contributed by atoms with Crippen LogP contribution in [0.1, 0.15) is 19.4 Å². The van der Waals surface area contributed by atoms with Gasteiger partial charge >= 0.3 is 0 Å². The number of nitrogens with zero attached hydrogens (tertiary/aromatic N) is 2. The molecular formula is C26H21N3O2S. The van der Waals surface area contributed by atoms with Crippen LogP contribution >= 0.6 is 11.3 Å². The van der Waals surface area contributed by atoms with Gasteiger partial charge in [-0.05, 0) is 41.0 Å². The quantitative estimate of drug-likeness (QED) is 0.373. The summed E-state index contributed by atoms with van der Waals surface area (Å²) in [4.78, 5) is 31.7. The number of carbonyl (C=O) groups excluding carboxylic acids is 1. The van der Waals surface area contributed by atoms with Crippen LogP contribution in [0.25, 0.3) is 32.1 Å². The Labute approximate surface area is 189 Å². The maximum Gasteiger partial charge on any atom is 0.263 e. The van der Waals surface area contributed by atoms with Crippen LogP contribution in [-0.2, 0) is 4.79 Å². The molecule has 1 unspecified atom stereocenters. The Bertz CT molecular complexity index is 1490. The molecule has 0 saturated heterocycles. The van der Waals surface area contributed by atoms with Crippen molar-refractivity contribution in [1.82, 2.24) is 9.55 Å². The molecule has 0 bridgehead atoms. The number of amides is 1. The minimum Gasteiger partial charge on any atom is -0.324 e. The highest BCUT2D eigenvalue weighted by molar-refractivity contribution is 7.17. The fraction of sp³-hybridized carbons (Fsp3) is 0.115. The summed E-state index contributed by atoms with van der Waals surface area (Å²) in [6, 6.07) is 22.9. The van der Waals surface area contributed by atoms with Gasteiger partial charge in [-0.3, -0.25) is 14.2 Å². The van der Waals surface area contributed by atoms with Crippen molar-refractivity contribution in [1.29, 1.82) is 0 Å². The van der Waals surface area contributed by atoms with E-state index in [4.69, 9.17) is 0 Å². The number of rotatable bonds is 5. The van der Waals surface area contributed by atoms with Gasteiger partial charge in [-0.25, -0.2) is 4.98 Å². The molecule has 2 aromatic heterocycles. The monoisotopic (exact) mass is 439 g/mol. The van der Waals surface area contributed by atoms with Crippen LogP contribution in [0.15, 0.2) is 89.3 Å². The summed E-state index contributed by atoms with van der Waals surface area (Å²) in [5.74, 6) is -0.232. The average molecular weight is 440 g/mol. The first-order chi connectivity index (χ1) is 15.7. The SMILES string of the molecule is CCC(C(=O)Nc1ccccc1)n1cnc2scc(-c3ccc4ccccc4c3)c2c1=O. The largest absolute Gasteiger partial charge is 0.324 e. The van der Waals surface area contributed by atoms with E-state index in [9.17, 15) is 9.59 Å². The molecule has 32 heavy (non-hydrogen) atoms. The predicted molar refractivity (Wildman–Crippen MR) is 131 cm³/mol. The van der Waals surface area contributed by atoms with Crippen LogP contribution in [-0.4, -0.2) is 15.5 Å². The van der Waals surface area contributed by atoms with E-state index in [0.29, 0.717) is 22.3 Å². The van der Waals surface area contributed by atoms with E-state index in [1.807, 2.05) is 60.8 Å². The molecule has 0 saturated carbocycles. The van der Waals surface area contributed by atoms with Gasteiger partial charge < -0.3 is 5.32 Å². The molecule has 158 valence electrons. The Morgan fingerprint density at radius 1 is 1.03 bits per heavy atom. The maximum absolute atomic E-state index is 13.6. The number of nitrogens with one attached hydrogen (secondary N) is 1. The summed E-state index contributed by atoms with van der Waals surface area (Å²) in [5, 5.41) is 7.69. The number of hydrogen-bond donors (Lipinski definition) is 1. The zero-order valence-electron chi connectivity index (χ0n) is 17.5. The molecule has 0 radical (unpaired) electrons. The Kier molecular flexibility index (Phi) is 5.29. The number of anilines is 1. The zero-order chi connectivity index (χ0) is 22.1. The van der Waals surface area contributed by atoms with Gasteiger partial charge in [0, 0.05) is 16.6 Å². The van der Waals surface area contributed by atoms with Gasteiger partial charge in [0.1, 0.15) is 10.9 Å². The van der Waals surface area contributed by atoms with Gasteiger partial charge in [0.05, 0.1) is 11.7 Å². The molecule has 5 aromatic rings. The van der Waals surface area contributed by atoms with E-state index in [1.165, 1.54) is 22.2 Å². The molecule has 6 heteroatoms. The van der Waals surface area contributed by atoms with Gasteiger partial charge in [-0.15, -0.1) is 11.3 Å². The minimum atomic E-state index is -0.649. The van der Waals surface area contributed by atoms with E-state index in [1.54, 1.807) is 0 Å². The Hall–Kier alpha value is -3.77. The molecule has 2 heterocycles. The molecule has 0 aliphatic rings. The number of thiophene rings is 1. The predicted octanol–water partition coefficient (Wildman–Crippen LogP) is 5.87. The minimum absolute atomic E-state index is 0.200. The molecule has 0 fully saturated rings. The van der Waals surface area contributed by atoms with Crippen molar-refractivity contribution >= 4 is 43.9 Å². The lowest BCUT2D eigenvalue weighted by atomic mass is 10.0. The van der Waals surface area contributed by atoms with Crippen molar-refractivity contribution < 1.29 is 4.79 Å². The van der Waals surface area contributed by atoms with Crippen molar-refractivity contribution in [2.75, 3.05) is 5.32 Å². The smallest absolute Gasteiger partial charge is 0.263 e. The van der Waals surface area contributed by atoms with Crippen LogP contribution in [0.3, 0.4) is 0 Å². The van der Waals surface area contributed by atoms with E-state index < -0.39 is 6.04 Å². The third-order valence-corrected chi connectivity index (χ3v) is 6.53. The molecular weight excluding hydrogens is 418 g/mol. The molecule has 1 N–H and O–H groups in total. The molecule has 1 atom stereocenters. The van der Waals surface area contributed by atoms with E-state index in [0.717, 1.165) is 21.9 Å². The lowest BCUT2D eigenvalue weighted by molar-refractivity contribution is -0.119. The summed E-state index contributed by atoms with van der Waals surface area (Å²) in [6.45, 7) is 1.89. The molecule has 1 amide bonds. The first kappa shape index (κ1) is 20.2. The van der Waals surface area contributed by atoms with Crippen LogP contribution in [0.4, 0.5) is 5.69 Å². The van der Waals surface area contributed by atoms with Crippen molar-refractivity contribution in [3.8, 4) is 11.1 Å². The first-order valence-corrected chi connectivity index (χ1v) is 11.4. The van der Waals surface area contributed by atoms with Crippen molar-refractivity contribution in [2.45, 2.75) is 19.4 Å². The van der Waals surface area contributed by atoms with Gasteiger partial charge in [-0.2, -0.15) is 0 Å². The van der Waals surface area contributed by atoms with Gasteiger partial charge in [-0.1, -0.05) is 61.5 Å². The van der Waals surface area contributed by atoms with Crippen LogP contribution < -0.4 is 10.9 Å². The Balaban J connectivity index is 1.58. The number of hydrogen-bond acceptors (Lipinski definition) is 4. The summed E-state index contributed by atoms with van der Waals surface area (Å²) in [6.07, 6.45) is 1.96. The van der Waals surface area contributed by atoms with Crippen LogP contribution in [0.5, 0.6) is 0 Å². The molecule has 5 rings (SSSR count). The highest BCUT2D eigenvalue weighted by Crippen LogP contribution is 2.32. The first-order valence-electron chi connectivity index (χ1n) is 10.5. The van der Waals surface area contributed by atoms with Crippen molar-refractivity contribution in [2.24, 2.45) is 0 Å². The third-order valence-electron chi connectivity index (χ3n) is 5.65. The standard InChI is InChI=1S/C26H21N3O2S/c1-2-22(24(30)28-20-10-4-3-5-11-20)29-16-27-25-23(26(29)31)21(15-32-25)19-13-12-17-8-6-7-9-18(17)14-19/h3-16,22H,2H2,1H3,(H,28,30). The summed E-state index contributed by atoms with van der Waals surface area (Å²) in [7, 11) is 0. The lowest BCUT2D eigenvalue weighted by Gasteiger charge is -2.17. The molecule has 0 aliphatic carbocycles. The molecule has 5 nitrogen and oxygen atoms in total. The van der Waals surface area contributed by atoms with E-state index in [2.05, 4.69) is 34.6 Å². The lowest BCUT2D eigenvalue weighted by Crippen LogP contribution is -2.33. The highest BCUT2D eigenvalue weighted by Gasteiger charge is 2.23. The molecule has 0 aliphatic heterocycles. The fourth-order valence-corrected chi connectivity index (χ4v) is 4.90. The average Bonchev–Trinajstić information content (AvgIpc) is 3.26. The second-order valence-corrected chi connectivity index (χ2v) is 8.49. The second kappa shape index (κ2) is 8.40. The van der Waals surface area contributed by atoms with Crippen molar-refractivity contribution in [3.05, 3.63) is 94.9 Å². The van der Waals surface area contributed by atoms with Crippen LogP contribution in [0, 0.1) is 0 Å². The Morgan fingerprint density at radius 3 is 2.56 bits per heavy atom. The highest BCUT2D eigenvalue weighted by atomic mass is 32.1. The normalized spacial score (nSPS) is 12.2. The van der Waals surface area contributed by atoms with E-state index >= 15 is 0 Å². The Morgan fingerprint density at radius 2 is 1.78 bits per heavy atom. The van der Waals surface area contributed by atoms with Gasteiger partial charge in [0.15, 0.2) is 0 Å². The number of fused-ring (bicyclic) bond motifs is 2. The zero-order valence-corrected chi connectivity index (χ0v) is 18.3. The summed E-state index contributed by atoms with van der Waals surface area (Å²) >= 11 is 1.44. The number of benzene rings is 3. The van der Waals surface area contributed by atoms with E-state index in [-0.39, 0.29) is 11.5 Å². The number of carbonyl (C=O) groups is 1. The topological polar surface area (TPSA) is 64.0 Å².